The maximum absolute atomic E-state index is 10.6. The summed E-state index contributed by atoms with van der Waals surface area (Å²) >= 11 is 0. The average molecular weight is 156 g/mol. The largest absolute Gasteiger partial charge is 0.480 e. The van der Waals surface area contributed by atoms with Crippen LogP contribution in [0.4, 0.5) is 0 Å². The van der Waals surface area contributed by atoms with Gasteiger partial charge >= 0.3 is 0 Å². The first-order chi connectivity index (χ1) is 5.33. The number of amides is 1. The van der Waals surface area contributed by atoms with Gasteiger partial charge in [-0.1, -0.05) is 6.92 Å². The molecule has 0 saturated heterocycles. The van der Waals surface area contributed by atoms with Crippen molar-refractivity contribution in [3.63, 3.8) is 0 Å². The van der Waals surface area contributed by atoms with Gasteiger partial charge in [0.05, 0.1) is 6.61 Å². The smallest absolute Gasteiger partial charge is 0.240 e. The molecule has 1 N–H and O–H groups in total. The Morgan fingerprint density at radius 2 is 2.45 bits per heavy atom. The third-order valence-electron chi connectivity index (χ3n) is 1.34. The van der Waals surface area contributed by atoms with Gasteiger partial charge in [-0.3, -0.25) is 4.79 Å². The van der Waals surface area contributed by atoms with Crippen LogP contribution in [-0.4, -0.2) is 18.4 Å². The molecule has 1 amide bonds. The van der Waals surface area contributed by atoms with E-state index in [1.54, 1.807) is 0 Å². The number of carbonyl (C=O) groups excluding carboxylic acids is 1. The van der Waals surface area contributed by atoms with Gasteiger partial charge in [0.25, 0.3) is 0 Å². The van der Waals surface area contributed by atoms with Crippen LogP contribution in [0, 0.1) is 0 Å². The number of ether oxygens (including phenoxy) is 1. The number of nitrogens with zero attached hydrogens (tertiary/aromatic N) is 1. The lowest BCUT2D eigenvalue weighted by Crippen LogP contribution is -2.26. The number of nitrogens with one attached hydrogen (secondary N) is 1. The van der Waals surface area contributed by atoms with Crippen molar-refractivity contribution in [3.05, 3.63) is 0 Å². The molecule has 1 aliphatic rings. The molecule has 4 heteroatoms. The van der Waals surface area contributed by atoms with E-state index in [1.165, 1.54) is 0 Å². The number of rotatable bonds is 2. The summed E-state index contributed by atoms with van der Waals surface area (Å²) in [5.74, 6) is 0.611. The molecule has 1 heterocycles. The predicted molar refractivity (Wildman–Crippen MR) is 41.1 cm³/mol. The summed E-state index contributed by atoms with van der Waals surface area (Å²) in [6.45, 7) is 2.71. The fourth-order valence-corrected chi connectivity index (χ4v) is 0.781. The summed E-state index contributed by atoms with van der Waals surface area (Å²) in [5.41, 5.74) is 2.37. The molecule has 0 aromatic rings. The maximum atomic E-state index is 10.6. The molecular weight excluding hydrogens is 144 g/mol. The second-order valence-corrected chi connectivity index (χ2v) is 2.39. The van der Waals surface area contributed by atoms with Crippen molar-refractivity contribution in [2.45, 2.75) is 26.2 Å². The van der Waals surface area contributed by atoms with E-state index in [0.29, 0.717) is 25.3 Å². The van der Waals surface area contributed by atoms with Crippen molar-refractivity contribution < 1.29 is 9.53 Å². The zero-order valence-corrected chi connectivity index (χ0v) is 6.59. The first kappa shape index (κ1) is 8.04. The van der Waals surface area contributed by atoms with Crippen molar-refractivity contribution in [2.24, 2.45) is 5.10 Å². The highest BCUT2D eigenvalue weighted by Gasteiger charge is 2.11. The lowest BCUT2D eigenvalue weighted by molar-refractivity contribution is -0.121. The molecule has 0 radical (unpaired) electrons. The third kappa shape index (κ3) is 2.57. The Balaban J connectivity index is 2.29. The Morgan fingerprint density at radius 3 is 3.00 bits per heavy atom. The second kappa shape index (κ2) is 3.95. The molecule has 0 aliphatic carbocycles. The van der Waals surface area contributed by atoms with Gasteiger partial charge < -0.3 is 4.74 Å². The first-order valence-electron chi connectivity index (χ1n) is 3.81. The fourth-order valence-electron chi connectivity index (χ4n) is 0.781. The molecule has 0 unspecified atom stereocenters. The van der Waals surface area contributed by atoms with E-state index in [2.05, 4.69) is 10.5 Å². The molecule has 0 aromatic heterocycles. The SMILES string of the molecule is CCCOC1=NNC(=O)CC1. The zero-order chi connectivity index (χ0) is 8.10. The maximum Gasteiger partial charge on any atom is 0.240 e. The van der Waals surface area contributed by atoms with Crippen molar-refractivity contribution in [1.29, 1.82) is 0 Å². The van der Waals surface area contributed by atoms with Crippen molar-refractivity contribution in [3.8, 4) is 0 Å². The first-order valence-corrected chi connectivity index (χ1v) is 3.81. The zero-order valence-electron chi connectivity index (χ0n) is 6.59. The van der Waals surface area contributed by atoms with E-state index >= 15 is 0 Å². The van der Waals surface area contributed by atoms with Crippen LogP contribution in [0.25, 0.3) is 0 Å². The molecule has 1 rings (SSSR count). The van der Waals surface area contributed by atoms with Crippen LogP contribution >= 0.6 is 0 Å². The van der Waals surface area contributed by atoms with Crippen LogP contribution in [0.5, 0.6) is 0 Å². The van der Waals surface area contributed by atoms with E-state index in [9.17, 15) is 4.79 Å². The standard InChI is InChI=1S/C7H12N2O2/c1-2-5-11-7-4-3-6(10)8-9-7/h2-5H2,1H3,(H,8,10). The van der Waals surface area contributed by atoms with Crippen molar-refractivity contribution in [1.82, 2.24) is 5.43 Å². The van der Waals surface area contributed by atoms with Gasteiger partial charge in [0.1, 0.15) is 0 Å². The van der Waals surface area contributed by atoms with E-state index in [0.717, 1.165) is 6.42 Å². The lowest BCUT2D eigenvalue weighted by atomic mass is 10.3. The Morgan fingerprint density at radius 1 is 1.64 bits per heavy atom. The van der Waals surface area contributed by atoms with Crippen molar-refractivity contribution >= 4 is 11.8 Å². The Bertz CT molecular complexity index is 177. The summed E-state index contributed by atoms with van der Waals surface area (Å²) in [6, 6.07) is 0. The van der Waals surface area contributed by atoms with Crippen molar-refractivity contribution in [2.75, 3.05) is 6.61 Å². The van der Waals surface area contributed by atoms with Crippen LogP contribution in [-0.2, 0) is 9.53 Å². The van der Waals surface area contributed by atoms with Gasteiger partial charge in [0, 0.05) is 12.8 Å². The lowest BCUT2D eigenvalue weighted by Gasteiger charge is -2.11. The summed E-state index contributed by atoms with van der Waals surface area (Å²) in [7, 11) is 0. The van der Waals surface area contributed by atoms with Gasteiger partial charge in [0.2, 0.25) is 11.8 Å². The molecule has 0 aromatic carbocycles. The van der Waals surface area contributed by atoms with E-state index in [4.69, 9.17) is 4.74 Å². The highest BCUT2D eigenvalue weighted by molar-refractivity contribution is 5.87. The minimum absolute atomic E-state index is 0.0335. The quantitative estimate of drug-likeness (QED) is 0.637. The van der Waals surface area contributed by atoms with Gasteiger partial charge in [-0.2, -0.15) is 0 Å². The minimum Gasteiger partial charge on any atom is -0.480 e. The van der Waals surface area contributed by atoms with Crippen LogP contribution in [0.15, 0.2) is 5.10 Å². The van der Waals surface area contributed by atoms with Crippen LogP contribution in [0.2, 0.25) is 0 Å². The molecule has 11 heavy (non-hydrogen) atoms. The van der Waals surface area contributed by atoms with Gasteiger partial charge in [-0.15, -0.1) is 5.10 Å². The average Bonchev–Trinajstić information content (AvgIpc) is 2.04. The highest BCUT2D eigenvalue weighted by atomic mass is 16.5. The molecule has 0 fully saturated rings. The summed E-state index contributed by atoms with van der Waals surface area (Å²) in [5, 5.41) is 3.74. The molecule has 62 valence electrons. The second-order valence-electron chi connectivity index (χ2n) is 2.39. The topological polar surface area (TPSA) is 50.7 Å². The van der Waals surface area contributed by atoms with Gasteiger partial charge in [-0.25, -0.2) is 5.43 Å². The summed E-state index contributed by atoms with van der Waals surface area (Å²) < 4.78 is 5.22. The molecule has 0 atom stereocenters. The van der Waals surface area contributed by atoms with E-state index < -0.39 is 0 Å². The Kier molecular flexibility index (Phi) is 2.89. The van der Waals surface area contributed by atoms with E-state index in [1.807, 2.05) is 6.92 Å². The molecular formula is C7H12N2O2. The number of hydrogen-bond donors (Lipinski definition) is 1. The number of carbonyl (C=O) groups is 1. The van der Waals surface area contributed by atoms with Crippen LogP contribution in [0.3, 0.4) is 0 Å². The third-order valence-corrected chi connectivity index (χ3v) is 1.34. The molecule has 0 bridgehead atoms. The predicted octanol–water partition coefficient (Wildman–Crippen LogP) is 0.636. The molecule has 0 saturated carbocycles. The van der Waals surface area contributed by atoms with Gasteiger partial charge in [-0.05, 0) is 6.42 Å². The van der Waals surface area contributed by atoms with Crippen LogP contribution < -0.4 is 5.43 Å². The monoisotopic (exact) mass is 156 g/mol. The Labute approximate surface area is 65.6 Å². The Hall–Kier alpha value is -1.06. The van der Waals surface area contributed by atoms with Crippen LogP contribution in [0.1, 0.15) is 26.2 Å². The molecule has 0 spiro atoms. The summed E-state index contributed by atoms with van der Waals surface area (Å²) in [6.07, 6.45) is 2.08. The fraction of sp³-hybridized carbons (Fsp3) is 0.714. The normalized spacial score (nSPS) is 17.2. The van der Waals surface area contributed by atoms with Gasteiger partial charge in [0.15, 0.2) is 0 Å². The summed E-state index contributed by atoms with van der Waals surface area (Å²) in [4.78, 5) is 10.6. The molecule has 1 aliphatic heterocycles. The number of hydrazone groups is 1. The minimum atomic E-state index is -0.0335. The van der Waals surface area contributed by atoms with E-state index in [-0.39, 0.29) is 5.91 Å². The molecule has 4 nitrogen and oxygen atoms in total. The highest BCUT2D eigenvalue weighted by Crippen LogP contribution is 2.00. The number of hydrogen-bond acceptors (Lipinski definition) is 3.